The van der Waals surface area contributed by atoms with Gasteiger partial charge in [-0.05, 0) is 18.1 Å². The molecule has 0 spiro atoms. The van der Waals surface area contributed by atoms with Gasteiger partial charge in [0.05, 0.1) is 16.3 Å². The number of aromatic nitrogens is 1. The Kier molecular flexibility index (Phi) is 6.44. The minimum Gasteiger partial charge on any atom is -0.340 e. The molecular weight excluding hydrogens is 394 g/mol. The summed E-state index contributed by atoms with van der Waals surface area (Å²) in [7, 11) is 0. The van der Waals surface area contributed by atoms with Gasteiger partial charge in [0, 0.05) is 10.9 Å². The van der Waals surface area contributed by atoms with E-state index in [-0.39, 0.29) is 17.7 Å². The molecule has 144 valence electrons. The second-order valence-electron chi connectivity index (χ2n) is 6.57. The van der Waals surface area contributed by atoms with E-state index >= 15 is 0 Å². The Morgan fingerprint density at radius 1 is 1.04 bits per heavy atom. The minimum atomic E-state index is -0.715. The number of amides is 2. The van der Waals surface area contributed by atoms with Crippen LogP contribution >= 0.6 is 22.9 Å². The van der Waals surface area contributed by atoms with Crippen LogP contribution in [0.5, 0.6) is 0 Å². The number of thiazole rings is 1. The van der Waals surface area contributed by atoms with Crippen molar-refractivity contribution >= 4 is 39.9 Å². The SMILES string of the molecule is CC(C)[C@H](NC(=O)c1ccccc1Cl)C(=O)Nc1nc(-c2ccccc2)cs1. The standard InChI is InChI=1S/C21H20ClN3O2S/c1-13(2)18(24-19(26)15-10-6-7-11-16(15)22)20(27)25-21-23-17(12-28-21)14-8-4-3-5-9-14/h3-13,18H,1-2H3,(H,24,26)(H,23,25,27)/t18-/m0/s1. The molecule has 0 bridgehead atoms. The lowest BCUT2D eigenvalue weighted by Gasteiger charge is -2.21. The molecule has 5 nitrogen and oxygen atoms in total. The lowest BCUT2D eigenvalue weighted by Crippen LogP contribution is -2.47. The van der Waals surface area contributed by atoms with Crippen molar-refractivity contribution in [1.29, 1.82) is 0 Å². The maximum atomic E-state index is 12.8. The first-order valence-corrected chi connectivity index (χ1v) is 10.1. The fourth-order valence-electron chi connectivity index (χ4n) is 2.66. The second-order valence-corrected chi connectivity index (χ2v) is 7.83. The highest BCUT2D eigenvalue weighted by molar-refractivity contribution is 7.14. The number of nitrogens with zero attached hydrogens (tertiary/aromatic N) is 1. The molecule has 2 aromatic carbocycles. The summed E-state index contributed by atoms with van der Waals surface area (Å²) in [5.41, 5.74) is 2.11. The Balaban J connectivity index is 1.71. The van der Waals surface area contributed by atoms with Crippen LogP contribution in [0.25, 0.3) is 11.3 Å². The third kappa shape index (κ3) is 4.77. The van der Waals surface area contributed by atoms with Gasteiger partial charge in [0.15, 0.2) is 5.13 Å². The number of hydrogen-bond donors (Lipinski definition) is 2. The topological polar surface area (TPSA) is 71.1 Å². The Morgan fingerprint density at radius 3 is 2.39 bits per heavy atom. The van der Waals surface area contributed by atoms with Crippen molar-refractivity contribution in [2.75, 3.05) is 5.32 Å². The van der Waals surface area contributed by atoms with Gasteiger partial charge in [0.1, 0.15) is 6.04 Å². The van der Waals surface area contributed by atoms with Crippen LogP contribution in [0.4, 0.5) is 5.13 Å². The van der Waals surface area contributed by atoms with Gasteiger partial charge in [-0.2, -0.15) is 0 Å². The molecule has 2 amide bonds. The van der Waals surface area contributed by atoms with Gasteiger partial charge in [-0.15, -0.1) is 11.3 Å². The van der Waals surface area contributed by atoms with Crippen LogP contribution < -0.4 is 10.6 Å². The fraction of sp³-hybridized carbons (Fsp3) is 0.190. The van der Waals surface area contributed by atoms with Gasteiger partial charge in [-0.1, -0.05) is 67.9 Å². The number of carbonyl (C=O) groups is 2. The maximum Gasteiger partial charge on any atom is 0.253 e. The monoisotopic (exact) mass is 413 g/mol. The quantitative estimate of drug-likeness (QED) is 0.606. The van der Waals surface area contributed by atoms with Gasteiger partial charge in [-0.3, -0.25) is 9.59 Å². The summed E-state index contributed by atoms with van der Waals surface area (Å²) in [5.74, 6) is -0.812. The Labute approximate surface area is 172 Å². The summed E-state index contributed by atoms with van der Waals surface area (Å²) in [5, 5.41) is 8.30. The Bertz CT molecular complexity index is 973. The predicted octanol–water partition coefficient (Wildman–Crippen LogP) is 4.86. The minimum absolute atomic E-state index is 0.111. The number of carbonyl (C=O) groups excluding carboxylic acids is 2. The molecule has 0 radical (unpaired) electrons. The molecule has 0 fully saturated rings. The summed E-state index contributed by atoms with van der Waals surface area (Å²) in [6.07, 6.45) is 0. The molecule has 0 unspecified atom stereocenters. The average Bonchev–Trinajstić information content (AvgIpc) is 3.15. The summed E-state index contributed by atoms with van der Waals surface area (Å²) >= 11 is 7.43. The zero-order valence-electron chi connectivity index (χ0n) is 15.5. The highest BCUT2D eigenvalue weighted by Crippen LogP contribution is 2.25. The van der Waals surface area contributed by atoms with Crippen LogP contribution in [0.1, 0.15) is 24.2 Å². The van der Waals surface area contributed by atoms with Crippen LogP contribution in [0, 0.1) is 5.92 Å². The molecule has 0 aliphatic heterocycles. The Morgan fingerprint density at radius 2 is 1.71 bits per heavy atom. The van der Waals surface area contributed by atoms with Gasteiger partial charge >= 0.3 is 0 Å². The van der Waals surface area contributed by atoms with Crippen LogP contribution in [0.2, 0.25) is 5.02 Å². The molecule has 0 aliphatic carbocycles. The van der Waals surface area contributed by atoms with Crippen molar-refractivity contribution in [3.8, 4) is 11.3 Å². The third-order valence-corrected chi connectivity index (χ3v) is 5.25. The van der Waals surface area contributed by atoms with Crippen LogP contribution in [-0.4, -0.2) is 22.8 Å². The van der Waals surface area contributed by atoms with Crippen LogP contribution in [0.3, 0.4) is 0 Å². The molecule has 1 heterocycles. The van der Waals surface area contributed by atoms with E-state index in [2.05, 4.69) is 15.6 Å². The lowest BCUT2D eigenvalue weighted by atomic mass is 10.0. The van der Waals surface area contributed by atoms with Crippen molar-refractivity contribution in [2.24, 2.45) is 5.92 Å². The number of anilines is 1. The molecule has 1 aromatic heterocycles. The number of rotatable bonds is 6. The van der Waals surface area contributed by atoms with Gasteiger partial charge < -0.3 is 10.6 Å². The highest BCUT2D eigenvalue weighted by Gasteiger charge is 2.26. The van der Waals surface area contributed by atoms with E-state index in [1.165, 1.54) is 11.3 Å². The zero-order valence-corrected chi connectivity index (χ0v) is 17.1. The molecule has 0 aliphatic rings. The first kappa shape index (κ1) is 20.0. The van der Waals surface area contributed by atoms with E-state index in [0.29, 0.717) is 15.7 Å². The van der Waals surface area contributed by atoms with Gasteiger partial charge in [0.2, 0.25) is 5.91 Å². The number of hydrogen-bond acceptors (Lipinski definition) is 4. The molecule has 0 saturated carbocycles. The van der Waals surface area contributed by atoms with Crippen molar-refractivity contribution in [2.45, 2.75) is 19.9 Å². The highest BCUT2D eigenvalue weighted by atomic mass is 35.5. The summed E-state index contributed by atoms with van der Waals surface area (Å²) in [4.78, 5) is 29.8. The molecular formula is C21H20ClN3O2S. The molecule has 2 N–H and O–H groups in total. The van der Waals surface area contributed by atoms with E-state index in [9.17, 15) is 9.59 Å². The van der Waals surface area contributed by atoms with E-state index < -0.39 is 6.04 Å². The molecule has 7 heteroatoms. The normalized spacial score (nSPS) is 11.9. The molecule has 1 atom stereocenters. The predicted molar refractivity (Wildman–Crippen MR) is 114 cm³/mol. The zero-order chi connectivity index (χ0) is 20.1. The molecule has 28 heavy (non-hydrogen) atoms. The van der Waals surface area contributed by atoms with E-state index in [4.69, 9.17) is 11.6 Å². The number of benzene rings is 2. The largest absolute Gasteiger partial charge is 0.340 e. The van der Waals surface area contributed by atoms with Crippen LogP contribution in [0.15, 0.2) is 60.0 Å². The molecule has 3 aromatic rings. The lowest BCUT2D eigenvalue weighted by molar-refractivity contribution is -0.118. The van der Waals surface area contributed by atoms with Crippen molar-refractivity contribution in [1.82, 2.24) is 10.3 Å². The molecule has 3 rings (SSSR count). The summed E-state index contributed by atoms with van der Waals surface area (Å²) in [6, 6.07) is 15.8. The maximum absolute atomic E-state index is 12.8. The van der Waals surface area contributed by atoms with Gasteiger partial charge in [-0.25, -0.2) is 4.98 Å². The number of nitrogens with one attached hydrogen (secondary N) is 2. The molecule has 0 saturated heterocycles. The fourth-order valence-corrected chi connectivity index (χ4v) is 3.60. The van der Waals surface area contributed by atoms with E-state index in [1.807, 2.05) is 49.6 Å². The second kappa shape index (κ2) is 8.99. The van der Waals surface area contributed by atoms with Crippen molar-refractivity contribution < 1.29 is 9.59 Å². The first-order chi connectivity index (χ1) is 13.5. The van der Waals surface area contributed by atoms with Crippen molar-refractivity contribution in [3.63, 3.8) is 0 Å². The summed E-state index contributed by atoms with van der Waals surface area (Å²) in [6.45, 7) is 3.74. The number of halogens is 1. The Hall–Kier alpha value is -2.70. The van der Waals surface area contributed by atoms with Crippen LogP contribution in [-0.2, 0) is 4.79 Å². The third-order valence-electron chi connectivity index (χ3n) is 4.16. The van der Waals surface area contributed by atoms with E-state index in [1.54, 1.807) is 24.3 Å². The average molecular weight is 414 g/mol. The van der Waals surface area contributed by atoms with Crippen molar-refractivity contribution in [3.05, 3.63) is 70.6 Å². The van der Waals surface area contributed by atoms with Gasteiger partial charge in [0.25, 0.3) is 5.91 Å². The van der Waals surface area contributed by atoms with E-state index in [0.717, 1.165) is 11.3 Å². The first-order valence-electron chi connectivity index (χ1n) is 8.83. The smallest absolute Gasteiger partial charge is 0.253 e. The summed E-state index contributed by atoms with van der Waals surface area (Å²) < 4.78 is 0.